The number of carbonyl (C=O) groups is 2. The maximum atomic E-state index is 14.8. The summed E-state index contributed by atoms with van der Waals surface area (Å²) < 4.78 is 0. The number of carbonyl (C=O) groups excluding carboxylic acids is 2. The molecule has 2 saturated carbocycles. The predicted octanol–water partition coefficient (Wildman–Crippen LogP) is 8.21. The number of benzene rings is 4. The van der Waals surface area contributed by atoms with Gasteiger partial charge in [-0.1, -0.05) is 135 Å². The third-order valence-electron chi connectivity index (χ3n) is 11.5. The molecule has 0 atom stereocenters. The number of aryl methyl sites for hydroxylation is 2. The van der Waals surface area contributed by atoms with Crippen molar-refractivity contribution in [2.75, 3.05) is 9.80 Å². The zero-order valence-corrected chi connectivity index (χ0v) is 31.4. The molecule has 2 N–H and O–H groups in total. The smallest absolute Gasteiger partial charge is 0.253 e. The quantitative estimate of drug-likeness (QED) is 0.126. The lowest BCUT2D eigenvalue weighted by molar-refractivity contribution is -0.128. The van der Waals surface area contributed by atoms with E-state index in [0.29, 0.717) is 50.1 Å². The molecule has 0 saturated heterocycles. The van der Waals surface area contributed by atoms with Gasteiger partial charge in [0.05, 0.1) is 0 Å². The van der Waals surface area contributed by atoms with Gasteiger partial charge in [-0.25, -0.2) is 0 Å². The first-order valence-electron chi connectivity index (χ1n) is 19.5. The van der Waals surface area contributed by atoms with Gasteiger partial charge in [0.2, 0.25) is 11.8 Å². The molecule has 5 aromatic carbocycles. The Bertz CT molecular complexity index is 1970. The highest BCUT2D eigenvalue weighted by molar-refractivity contribution is 6.00. The van der Waals surface area contributed by atoms with E-state index in [1.807, 2.05) is 133 Å². The second-order valence-electron chi connectivity index (χ2n) is 15.2. The van der Waals surface area contributed by atoms with Gasteiger partial charge in [-0.05, 0) is 74.9 Å². The molecule has 7 rings (SSSR count). The second kappa shape index (κ2) is 15.8. The predicted molar refractivity (Wildman–Crippen MR) is 216 cm³/mol. The summed E-state index contributed by atoms with van der Waals surface area (Å²) in [6.45, 7) is 4.67. The second-order valence-corrected chi connectivity index (χ2v) is 15.2. The summed E-state index contributed by atoms with van der Waals surface area (Å²) in [4.78, 5) is 62.2. The van der Waals surface area contributed by atoms with Crippen molar-refractivity contribution >= 4 is 34.6 Å². The molecule has 2 aliphatic carbocycles. The molecule has 2 amide bonds. The molecule has 2 fully saturated rings. The molecule has 8 nitrogen and oxygen atoms in total. The highest BCUT2D eigenvalue weighted by Gasteiger charge is 2.53. The molecule has 0 bridgehead atoms. The van der Waals surface area contributed by atoms with Gasteiger partial charge >= 0.3 is 0 Å². The number of anilines is 4. The fraction of sp³-hybridized carbons (Fsp3) is 0.348. The fourth-order valence-electron chi connectivity index (χ4n) is 8.61. The molecular formula is C46H50N4O4. The average molecular weight is 723 g/mol. The zero-order chi connectivity index (χ0) is 37.7. The molecule has 54 heavy (non-hydrogen) atoms. The Hall–Kier alpha value is -5.50. The lowest BCUT2D eigenvalue weighted by atomic mass is 9.76. The first kappa shape index (κ1) is 36.8. The van der Waals surface area contributed by atoms with E-state index in [2.05, 4.69) is 10.6 Å². The van der Waals surface area contributed by atoms with E-state index in [9.17, 15) is 19.2 Å². The molecule has 0 spiro atoms. The third kappa shape index (κ3) is 7.09. The van der Waals surface area contributed by atoms with Crippen molar-refractivity contribution in [1.82, 2.24) is 10.6 Å². The van der Waals surface area contributed by atoms with E-state index in [0.717, 1.165) is 60.8 Å². The van der Waals surface area contributed by atoms with E-state index < -0.39 is 21.9 Å². The first-order valence-corrected chi connectivity index (χ1v) is 19.5. The summed E-state index contributed by atoms with van der Waals surface area (Å²) in [5, 5.41) is 6.45. The highest BCUT2D eigenvalue weighted by Crippen LogP contribution is 2.49. The van der Waals surface area contributed by atoms with E-state index in [1.54, 1.807) is 0 Å². The van der Waals surface area contributed by atoms with Gasteiger partial charge in [0.15, 0.2) is 0 Å². The third-order valence-corrected chi connectivity index (χ3v) is 11.5. The first-order chi connectivity index (χ1) is 26.2. The van der Waals surface area contributed by atoms with Gasteiger partial charge in [-0.2, -0.15) is 0 Å². The van der Waals surface area contributed by atoms with E-state index in [4.69, 9.17) is 0 Å². The topological polar surface area (TPSA) is 98.8 Å². The van der Waals surface area contributed by atoms with Crippen LogP contribution in [0.1, 0.15) is 86.5 Å². The number of nitrogens with one attached hydrogen (secondary N) is 2. The van der Waals surface area contributed by atoms with Gasteiger partial charge in [0.25, 0.3) is 10.9 Å². The van der Waals surface area contributed by atoms with Gasteiger partial charge in [-0.15, -0.1) is 0 Å². The summed E-state index contributed by atoms with van der Waals surface area (Å²) in [5.41, 5.74) is 2.14. The Kier molecular flexibility index (Phi) is 10.8. The van der Waals surface area contributed by atoms with Crippen molar-refractivity contribution in [2.24, 2.45) is 0 Å². The average Bonchev–Trinajstić information content (AvgIpc) is 3.22. The number of hydrogen-bond acceptors (Lipinski definition) is 6. The SMILES string of the molecule is Cc1ccc(N(c2c(N(c3ccc(C)cc3)C3(C(=O)NCc4ccccc4)CCCCC3)c(=O)c2=O)C2(C(=O)NCc3ccccc3)CCCCC2)cc1. The van der Waals surface area contributed by atoms with Crippen LogP contribution in [0.15, 0.2) is 119 Å². The van der Waals surface area contributed by atoms with Crippen LogP contribution >= 0.6 is 0 Å². The molecule has 8 heteroatoms. The summed E-state index contributed by atoms with van der Waals surface area (Å²) in [6, 6.07) is 35.3. The van der Waals surface area contributed by atoms with Crippen LogP contribution in [0.4, 0.5) is 22.7 Å². The Morgan fingerprint density at radius 2 is 0.833 bits per heavy atom. The van der Waals surface area contributed by atoms with Crippen LogP contribution < -0.4 is 31.3 Å². The maximum Gasteiger partial charge on any atom is 0.253 e. The molecule has 0 aromatic heterocycles. The van der Waals surface area contributed by atoms with Crippen LogP contribution in [0.25, 0.3) is 0 Å². The summed E-state index contributed by atoms with van der Waals surface area (Å²) >= 11 is 0. The van der Waals surface area contributed by atoms with Gasteiger partial charge in [0, 0.05) is 24.5 Å². The Balaban J connectivity index is 1.40. The van der Waals surface area contributed by atoms with Crippen molar-refractivity contribution in [3.05, 3.63) is 152 Å². The van der Waals surface area contributed by atoms with Crippen molar-refractivity contribution in [1.29, 1.82) is 0 Å². The van der Waals surface area contributed by atoms with Gasteiger partial charge < -0.3 is 20.4 Å². The van der Waals surface area contributed by atoms with Gasteiger partial charge in [-0.3, -0.25) is 19.2 Å². The largest absolute Gasteiger partial charge is 0.350 e. The minimum Gasteiger partial charge on any atom is -0.350 e. The summed E-state index contributed by atoms with van der Waals surface area (Å²) in [6.07, 6.45) is 7.13. The molecule has 0 radical (unpaired) electrons. The van der Waals surface area contributed by atoms with Crippen molar-refractivity contribution in [3.8, 4) is 0 Å². The summed E-state index contributed by atoms with van der Waals surface area (Å²) in [7, 11) is 0. The van der Waals surface area contributed by atoms with Crippen LogP contribution in [0.2, 0.25) is 0 Å². The lowest BCUT2D eigenvalue weighted by Gasteiger charge is -2.50. The minimum absolute atomic E-state index is 0.180. The molecule has 0 unspecified atom stereocenters. The number of amides is 2. The number of rotatable bonds is 12. The van der Waals surface area contributed by atoms with Crippen molar-refractivity contribution in [3.63, 3.8) is 0 Å². The van der Waals surface area contributed by atoms with Crippen LogP contribution in [-0.4, -0.2) is 22.9 Å². The van der Waals surface area contributed by atoms with Crippen LogP contribution in [0.3, 0.4) is 0 Å². The number of nitrogens with zero attached hydrogens (tertiary/aromatic N) is 2. The Morgan fingerprint density at radius 1 is 0.500 bits per heavy atom. The maximum absolute atomic E-state index is 14.8. The monoisotopic (exact) mass is 722 g/mol. The lowest BCUT2D eigenvalue weighted by Crippen LogP contribution is -2.64. The molecular weight excluding hydrogens is 673 g/mol. The summed E-state index contributed by atoms with van der Waals surface area (Å²) in [5.74, 6) is -0.360. The minimum atomic E-state index is -1.15. The van der Waals surface area contributed by atoms with Crippen molar-refractivity contribution < 1.29 is 9.59 Å². The highest BCUT2D eigenvalue weighted by atomic mass is 16.2. The molecule has 0 aliphatic heterocycles. The Morgan fingerprint density at radius 3 is 1.17 bits per heavy atom. The normalized spacial score (nSPS) is 16.3. The number of hydrogen-bond donors (Lipinski definition) is 2. The molecule has 278 valence electrons. The molecule has 2 aliphatic rings. The fourth-order valence-corrected chi connectivity index (χ4v) is 8.61. The van der Waals surface area contributed by atoms with Crippen LogP contribution in [0, 0.1) is 13.8 Å². The standard InChI is InChI=1S/C46H50N4O4/c1-33-19-23-37(24-20-33)49(45(27-11-5-12-28-45)43(53)47-31-35-15-7-3-8-16-35)39-40(42(52)41(39)51)50(38-25-21-34(2)22-26-38)46(29-13-6-14-30-46)44(54)48-32-36-17-9-4-10-18-36/h3-4,7-10,15-26H,5-6,11-14,27-32H2,1-2H3,(H,47,53)(H,48,54). The van der Waals surface area contributed by atoms with E-state index in [1.165, 1.54) is 0 Å². The van der Waals surface area contributed by atoms with Gasteiger partial charge in [0.1, 0.15) is 22.5 Å². The zero-order valence-electron chi connectivity index (χ0n) is 31.4. The van der Waals surface area contributed by atoms with E-state index >= 15 is 0 Å². The van der Waals surface area contributed by atoms with Crippen LogP contribution in [0.5, 0.6) is 0 Å². The Labute approximate surface area is 317 Å². The molecule has 0 heterocycles. The molecule has 5 aromatic rings. The van der Waals surface area contributed by atoms with Crippen molar-refractivity contribution in [2.45, 2.75) is 102 Å². The van der Waals surface area contributed by atoms with E-state index in [-0.39, 0.29) is 23.2 Å². The van der Waals surface area contributed by atoms with Crippen LogP contribution in [-0.2, 0) is 22.7 Å².